The Bertz CT molecular complexity index is 902. The van der Waals surface area contributed by atoms with Crippen LogP contribution in [0.1, 0.15) is 17.0 Å². The molecule has 4 rings (SSSR count). The summed E-state index contributed by atoms with van der Waals surface area (Å²) in [6.45, 7) is 2.38. The first-order chi connectivity index (χ1) is 12.7. The fourth-order valence-corrected chi connectivity index (χ4v) is 3.49. The zero-order chi connectivity index (χ0) is 17.9. The van der Waals surface area contributed by atoms with E-state index < -0.39 is 0 Å². The first kappa shape index (κ1) is 16.8. The molecule has 0 atom stereocenters. The molecule has 0 radical (unpaired) electrons. The first-order valence-corrected chi connectivity index (χ1v) is 9.09. The molecule has 1 aliphatic heterocycles. The second-order valence-electron chi connectivity index (χ2n) is 6.49. The molecule has 0 unspecified atom stereocenters. The molecule has 0 fully saturated rings. The van der Waals surface area contributed by atoms with Gasteiger partial charge in [0.1, 0.15) is 6.54 Å². The molecule has 3 aromatic rings. The summed E-state index contributed by atoms with van der Waals surface area (Å²) in [7, 11) is 0. The van der Waals surface area contributed by atoms with E-state index in [2.05, 4.69) is 38.9 Å². The van der Waals surface area contributed by atoms with Crippen LogP contribution >= 0.6 is 11.6 Å². The molecule has 7 heteroatoms. The van der Waals surface area contributed by atoms with Crippen molar-refractivity contribution in [2.45, 2.75) is 32.5 Å². The minimum absolute atomic E-state index is 0.0363. The molecule has 134 valence electrons. The van der Waals surface area contributed by atoms with Crippen molar-refractivity contribution < 1.29 is 4.79 Å². The van der Waals surface area contributed by atoms with E-state index in [1.807, 2.05) is 17.3 Å². The fraction of sp³-hybridized carbons (Fsp3) is 0.316. The van der Waals surface area contributed by atoms with Gasteiger partial charge in [-0.2, -0.15) is 5.10 Å². The topological polar surface area (TPSA) is 56.0 Å². The van der Waals surface area contributed by atoms with E-state index in [1.165, 1.54) is 17.5 Å². The second-order valence-corrected chi connectivity index (χ2v) is 6.92. The maximum atomic E-state index is 12.5. The molecule has 0 aliphatic carbocycles. The van der Waals surface area contributed by atoms with Crippen molar-refractivity contribution >= 4 is 17.5 Å². The van der Waals surface area contributed by atoms with Crippen LogP contribution in [-0.4, -0.2) is 36.7 Å². The lowest BCUT2D eigenvalue weighted by molar-refractivity contribution is -0.133. The minimum Gasteiger partial charge on any atom is -0.335 e. The molecule has 1 aliphatic rings. The number of halogens is 1. The molecule has 0 spiro atoms. The van der Waals surface area contributed by atoms with Gasteiger partial charge in [-0.25, -0.2) is 4.98 Å². The van der Waals surface area contributed by atoms with Gasteiger partial charge in [0.15, 0.2) is 0 Å². The number of nitrogens with zero attached hydrogens (tertiary/aromatic N) is 5. The lowest BCUT2D eigenvalue weighted by Gasteiger charge is -2.27. The average Bonchev–Trinajstić information content (AvgIpc) is 3.26. The quantitative estimate of drug-likeness (QED) is 0.694. The highest BCUT2D eigenvalue weighted by atomic mass is 35.5. The minimum atomic E-state index is 0.0363. The number of hydrogen-bond acceptors (Lipinski definition) is 3. The van der Waals surface area contributed by atoms with Crippen LogP contribution in [0, 0.1) is 0 Å². The summed E-state index contributed by atoms with van der Waals surface area (Å²) in [5.74, 6) is 0.0363. The number of hydrogen-bond donors (Lipinski definition) is 0. The smallest absolute Gasteiger partial charge is 0.244 e. The zero-order valence-electron chi connectivity index (χ0n) is 14.4. The van der Waals surface area contributed by atoms with Crippen LogP contribution in [0.25, 0.3) is 0 Å². The molecule has 3 heterocycles. The van der Waals surface area contributed by atoms with Crippen LogP contribution in [0.4, 0.5) is 0 Å². The zero-order valence-corrected chi connectivity index (χ0v) is 15.1. The molecule has 1 amide bonds. The maximum absolute atomic E-state index is 12.5. The average molecular weight is 370 g/mol. The van der Waals surface area contributed by atoms with E-state index in [4.69, 9.17) is 11.6 Å². The van der Waals surface area contributed by atoms with E-state index in [0.717, 1.165) is 25.1 Å². The van der Waals surface area contributed by atoms with Crippen LogP contribution in [0.5, 0.6) is 0 Å². The van der Waals surface area contributed by atoms with Gasteiger partial charge in [0, 0.05) is 31.4 Å². The van der Waals surface area contributed by atoms with Crippen molar-refractivity contribution in [2.75, 3.05) is 6.54 Å². The summed E-state index contributed by atoms with van der Waals surface area (Å²) in [5, 5.41) is 4.61. The Morgan fingerprint density at radius 1 is 1.23 bits per heavy atom. The predicted molar refractivity (Wildman–Crippen MR) is 98.7 cm³/mol. The van der Waals surface area contributed by atoms with E-state index >= 15 is 0 Å². The Morgan fingerprint density at radius 2 is 2.08 bits per heavy atom. The van der Waals surface area contributed by atoms with Crippen LogP contribution in [0.15, 0.2) is 49.1 Å². The Kier molecular flexibility index (Phi) is 4.75. The first-order valence-electron chi connectivity index (χ1n) is 8.71. The number of benzene rings is 1. The van der Waals surface area contributed by atoms with Gasteiger partial charge < -0.3 is 9.47 Å². The third-order valence-electron chi connectivity index (χ3n) is 4.73. The molecule has 0 N–H and O–H groups in total. The number of fused-ring (bicyclic) bond motifs is 1. The highest BCUT2D eigenvalue weighted by Gasteiger charge is 2.24. The van der Waals surface area contributed by atoms with Gasteiger partial charge in [-0.15, -0.1) is 0 Å². The summed E-state index contributed by atoms with van der Waals surface area (Å²) in [6, 6.07) is 10.5. The molecule has 0 saturated carbocycles. The molecule has 0 saturated heterocycles. The third-order valence-corrected chi connectivity index (χ3v) is 4.92. The van der Waals surface area contributed by atoms with Gasteiger partial charge in [-0.1, -0.05) is 41.9 Å². The molecule has 0 bridgehead atoms. The summed E-state index contributed by atoms with van der Waals surface area (Å²) in [6.07, 6.45) is 6.90. The number of imidazole rings is 1. The summed E-state index contributed by atoms with van der Waals surface area (Å²) >= 11 is 5.85. The van der Waals surface area contributed by atoms with Crippen LogP contribution in [-0.2, 0) is 37.3 Å². The lowest BCUT2D eigenvalue weighted by atomic mass is 10.1. The SMILES string of the molecule is O=C(Cn1cc(Cl)cn1)N1CCc2c(ncn2CCc2ccccc2)C1. The molecule has 2 aromatic heterocycles. The summed E-state index contributed by atoms with van der Waals surface area (Å²) < 4.78 is 3.79. The monoisotopic (exact) mass is 369 g/mol. The van der Waals surface area contributed by atoms with Gasteiger partial charge in [-0.05, 0) is 12.0 Å². The van der Waals surface area contributed by atoms with Gasteiger partial charge >= 0.3 is 0 Å². The van der Waals surface area contributed by atoms with E-state index in [9.17, 15) is 4.79 Å². The van der Waals surface area contributed by atoms with Crippen molar-refractivity contribution in [1.82, 2.24) is 24.2 Å². The predicted octanol–water partition coefficient (Wildman–Crippen LogP) is 2.56. The number of rotatable bonds is 5. The van der Waals surface area contributed by atoms with E-state index in [0.29, 0.717) is 18.1 Å². The number of carbonyl (C=O) groups excluding carboxylic acids is 1. The Morgan fingerprint density at radius 3 is 2.85 bits per heavy atom. The van der Waals surface area contributed by atoms with Gasteiger partial charge in [0.25, 0.3) is 0 Å². The van der Waals surface area contributed by atoms with Gasteiger partial charge in [0.05, 0.1) is 29.8 Å². The van der Waals surface area contributed by atoms with Crippen molar-refractivity contribution in [1.29, 1.82) is 0 Å². The number of aryl methyl sites for hydroxylation is 2. The fourth-order valence-electron chi connectivity index (χ4n) is 3.33. The maximum Gasteiger partial charge on any atom is 0.244 e. The van der Waals surface area contributed by atoms with Crippen LogP contribution in [0.2, 0.25) is 5.02 Å². The highest BCUT2D eigenvalue weighted by Crippen LogP contribution is 2.19. The molecular weight excluding hydrogens is 350 g/mol. The molecule has 1 aromatic carbocycles. The Labute approximate surface area is 157 Å². The van der Waals surface area contributed by atoms with E-state index in [1.54, 1.807) is 10.9 Å². The number of amides is 1. The molecule has 6 nitrogen and oxygen atoms in total. The van der Waals surface area contributed by atoms with Gasteiger partial charge in [-0.3, -0.25) is 9.48 Å². The largest absolute Gasteiger partial charge is 0.335 e. The second kappa shape index (κ2) is 7.33. The summed E-state index contributed by atoms with van der Waals surface area (Å²) in [5.41, 5.74) is 3.56. The Balaban J connectivity index is 1.38. The Hall–Kier alpha value is -2.60. The lowest BCUT2D eigenvalue weighted by Crippen LogP contribution is -2.38. The third kappa shape index (κ3) is 3.65. The molecule has 26 heavy (non-hydrogen) atoms. The van der Waals surface area contributed by atoms with Crippen LogP contribution in [0.3, 0.4) is 0 Å². The van der Waals surface area contributed by atoms with Crippen molar-refractivity contribution in [3.63, 3.8) is 0 Å². The van der Waals surface area contributed by atoms with Crippen molar-refractivity contribution in [3.8, 4) is 0 Å². The van der Waals surface area contributed by atoms with Crippen molar-refractivity contribution in [3.05, 3.63) is 71.0 Å². The molecular formula is C19H20ClN5O. The number of aromatic nitrogens is 4. The van der Waals surface area contributed by atoms with Crippen LogP contribution < -0.4 is 0 Å². The van der Waals surface area contributed by atoms with E-state index in [-0.39, 0.29) is 12.5 Å². The van der Waals surface area contributed by atoms with Gasteiger partial charge in [0.2, 0.25) is 5.91 Å². The highest BCUT2D eigenvalue weighted by molar-refractivity contribution is 6.30. The number of carbonyl (C=O) groups is 1. The standard InChI is InChI=1S/C19H20ClN5O/c20-16-10-22-25(11-16)13-19(26)23-9-7-18-17(12-23)21-14-24(18)8-6-15-4-2-1-3-5-15/h1-5,10-11,14H,6-9,12-13H2. The summed E-state index contributed by atoms with van der Waals surface area (Å²) in [4.78, 5) is 18.9. The normalized spacial score (nSPS) is 13.7. The van der Waals surface area contributed by atoms with Crippen molar-refractivity contribution in [2.24, 2.45) is 0 Å².